The first-order valence-corrected chi connectivity index (χ1v) is 5.72. The highest BCUT2D eigenvalue weighted by Gasteiger charge is 2.09. The first kappa shape index (κ1) is 12.7. The normalized spacial score (nSPS) is 10.2. The van der Waals surface area contributed by atoms with E-state index in [2.05, 4.69) is 31.2 Å². The number of halogens is 3. The molecule has 0 spiro atoms. The summed E-state index contributed by atoms with van der Waals surface area (Å²) in [6.45, 7) is 0. The summed E-state index contributed by atoms with van der Waals surface area (Å²) in [5.74, 6) is -0.911. The summed E-state index contributed by atoms with van der Waals surface area (Å²) in [5.41, 5.74) is 0. The Morgan fingerprint density at radius 1 is 1.22 bits per heavy atom. The standard InChI is InChI=1S/C11H8BrF2N3O/c1-15-11-16-5-9(12)10(17-11)18-8-3-6(13)2-7(14)4-8/h2-5H,1H3,(H,15,16,17). The summed E-state index contributed by atoms with van der Waals surface area (Å²) >= 11 is 3.19. The predicted octanol–water partition coefficient (Wildman–Crippen LogP) is 3.35. The van der Waals surface area contributed by atoms with Gasteiger partial charge in [-0.25, -0.2) is 13.8 Å². The Bertz CT molecular complexity index is 560. The van der Waals surface area contributed by atoms with E-state index < -0.39 is 11.6 Å². The Morgan fingerprint density at radius 2 is 1.89 bits per heavy atom. The second-order valence-corrected chi connectivity index (χ2v) is 4.16. The van der Waals surface area contributed by atoms with Gasteiger partial charge in [0.05, 0.1) is 10.7 Å². The molecule has 0 saturated carbocycles. The maximum atomic E-state index is 13.0. The minimum atomic E-state index is -0.719. The molecule has 0 atom stereocenters. The fraction of sp³-hybridized carbons (Fsp3) is 0.0909. The van der Waals surface area contributed by atoms with Gasteiger partial charge in [-0.2, -0.15) is 4.98 Å². The van der Waals surface area contributed by atoms with Crippen LogP contribution >= 0.6 is 15.9 Å². The molecule has 0 aliphatic rings. The quantitative estimate of drug-likeness (QED) is 0.943. The number of anilines is 1. The van der Waals surface area contributed by atoms with Crippen LogP contribution in [-0.4, -0.2) is 17.0 Å². The van der Waals surface area contributed by atoms with E-state index in [1.54, 1.807) is 7.05 Å². The zero-order valence-electron chi connectivity index (χ0n) is 9.25. The Hall–Kier alpha value is -1.76. The van der Waals surface area contributed by atoms with Crippen molar-refractivity contribution in [3.63, 3.8) is 0 Å². The molecule has 18 heavy (non-hydrogen) atoms. The molecule has 1 aromatic carbocycles. The molecule has 0 aliphatic heterocycles. The minimum Gasteiger partial charge on any atom is -0.437 e. The van der Waals surface area contributed by atoms with E-state index in [1.165, 1.54) is 6.20 Å². The summed E-state index contributed by atoms with van der Waals surface area (Å²) in [4.78, 5) is 7.95. The van der Waals surface area contributed by atoms with Crippen molar-refractivity contribution in [1.82, 2.24) is 9.97 Å². The highest BCUT2D eigenvalue weighted by atomic mass is 79.9. The molecule has 0 fully saturated rings. The molecule has 2 aromatic rings. The maximum Gasteiger partial charge on any atom is 0.238 e. The highest BCUT2D eigenvalue weighted by molar-refractivity contribution is 9.10. The second kappa shape index (κ2) is 5.26. The van der Waals surface area contributed by atoms with Gasteiger partial charge in [-0.3, -0.25) is 0 Å². The zero-order chi connectivity index (χ0) is 13.1. The number of benzene rings is 1. The van der Waals surface area contributed by atoms with Crippen LogP contribution in [0.1, 0.15) is 0 Å². The Balaban J connectivity index is 2.33. The van der Waals surface area contributed by atoms with E-state index in [4.69, 9.17) is 4.74 Å². The van der Waals surface area contributed by atoms with Crippen LogP contribution in [0.25, 0.3) is 0 Å². The number of aromatic nitrogens is 2. The summed E-state index contributed by atoms with van der Waals surface area (Å²) in [7, 11) is 1.65. The molecule has 2 rings (SSSR count). The number of ether oxygens (including phenoxy) is 1. The molecular formula is C11H8BrF2N3O. The molecule has 1 aromatic heterocycles. The molecule has 0 amide bonds. The lowest BCUT2D eigenvalue weighted by atomic mass is 10.3. The number of nitrogens with zero attached hydrogens (tertiary/aromatic N) is 2. The third-order valence-corrected chi connectivity index (χ3v) is 2.53. The van der Waals surface area contributed by atoms with Gasteiger partial charge in [0.25, 0.3) is 0 Å². The van der Waals surface area contributed by atoms with Crippen LogP contribution in [0.3, 0.4) is 0 Å². The first-order valence-electron chi connectivity index (χ1n) is 4.92. The third kappa shape index (κ3) is 2.92. The predicted molar refractivity (Wildman–Crippen MR) is 65.7 cm³/mol. The molecule has 0 bridgehead atoms. The maximum absolute atomic E-state index is 13.0. The molecule has 1 heterocycles. The van der Waals surface area contributed by atoms with Gasteiger partial charge >= 0.3 is 0 Å². The fourth-order valence-electron chi connectivity index (χ4n) is 1.24. The van der Waals surface area contributed by atoms with Crippen molar-refractivity contribution < 1.29 is 13.5 Å². The van der Waals surface area contributed by atoms with Crippen LogP contribution < -0.4 is 10.1 Å². The topological polar surface area (TPSA) is 47.0 Å². The van der Waals surface area contributed by atoms with Crippen molar-refractivity contribution in [3.05, 3.63) is 40.5 Å². The number of hydrogen-bond donors (Lipinski definition) is 1. The molecule has 0 saturated heterocycles. The van der Waals surface area contributed by atoms with Gasteiger partial charge in [0.15, 0.2) is 0 Å². The number of rotatable bonds is 3. The third-order valence-electron chi connectivity index (χ3n) is 1.99. The molecular weight excluding hydrogens is 308 g/mol. The van der Waals surface area contributed by atoms with Gasteiger partial charge in [-0.15, -0.1) is 0 Å². The van der Waals surface area contributed by atoms with Crippen LogP contribution in [0.5, 0.6) is 11.6 Å². The Kier molecular flexibility index (Phi) is 3.71. The number of nitrogens with one attached hydrogen (secondary N) is 1. The average Bonchev–Trinajstić information content (AvgIpc) is 2.30. The van der Waals surface area contributed by atoms with Crippen LogP contribution in [0.15, 0.2) is 28.9 Å². The van der Waals surface area contributed by atoms with Crippen molar-refractivity contribution in [3.8, 4) is 11.6 Å². The first-order chi connectivity index (χ1) is 8.58. The molecule has 4 nitrogen and oxygen atoms in total. The van der Waals surface area contributed by atoms with Crippen molar-refractivity contribution >= 4 is 21.9 Å². The van der Waals surface area contributed by atoms with Crippen molar-refractivity contribution in [1.29, 1.82) is 0 Å². The lowest BCUT2D eigenvalue weighted by molar-refractivity contribution is 0.448. The molecule has 94 valence electrons. The highest BCUT2D eigenvalue weighted by Crippen LogP contribution is 2.28. The van der Waals surface area contributed by atoms with Crippen molar-refractivity contribution in [2.75, 3.05) is 12.4 Å². The smallest absolute Gasteiger partial charge is 0.238 e. The van der Waals surface area contributed by atoms with Gasteiger partial charge in [-0.1, -0.05) is 0 Å². The van der Waals surface area contributed by atoms with Gasteiger partial charge in [-0.05, 0) is 15.9 Å². The van der Waals surface area contributed by atoms with Gasteiger partial charge < -0.3 is 10.1 Å². The summed E-state index contributed by atoms with van der Waals surface area (Å²) in [5, 5.41) is 2.73. The van der Waals surface area contributed by atoms with Crippen LogP contribution in [0.4, 0.5) is 14.7 Å². The van der Waals surface area contributed by atoms with Crippen LogP contribution in [-0.2, 0) is 0 Å². The Labute approximate surface area is 110 Å². The molecule has 7 heteroatoms. The lowest BCUT2D eigenvalue weighted by Crippen LogP contribution is -1.98. The fourth-order valence-corrected chi connectivity index (χ4v) is 1.51. The van der Waals surface area contributed by atoms with Crippen LogP contribution in [0.2, 0.25) is 0 Å². The van der Waals surface area contributed by atoms with Gasteiger partial charge in [0.2, 0.25) is 11.8 Å². The minimum absolute atomic E-state index is 0.0222. The summed E-state index contributed by atoms with van der Waals surface area (Å²) < 4.78 is 31.8. The second-order valence-electron chi connectivity index (χ2n) is 3.30. The summed E-state index contributed by atoms with van der Waals surface area (Å²) in [6, 6.07) is 2.90. The monoisotopic (exact) mass is 315 g/mol. The average molecular weight is 316 g/mol. The molecule has 0 radical (unpaired) electrons. The zero-order valence-corrected chi connectivity index (χ0v) is 10.8. The summed E-state index contributed by atoms with van der Waals surface area (Å²) in [6.07, 6.45) is 1.48. The molecule has 1 N–H and O–H groups in total. The van der Waals surface area contributed by atoms with E-state index in [1.807, 2.05) is 0 Å². The van der Waals surface area contributed by atoms with Gasteiger partial charge in [0.1, 0.15) is 17.4 Å². The van der Waals surface area contributed by atoms with Crippen LogP contribution in [0, 0.1) is 11.6 Å². The van der Waals surface area contributed by atoms with Gasteiger partial charge in [0, 0.05) is 25.2 Å². The lowest BCUT2D eigenvalue weighted by Gasteiger charge is -2.08. The molecule has 0 aliphatic carbocycles. The van der Waals surface area contributed by atoms with E-state index >= 15 is 0 Å². The molecule has 0 unspecified atom stereocenters. The van der Waals surface area contributed by atoms with Crippen molar-refractivity contribution in [2.45, 2.75) is 0 Å². The van der Waals surface area contributed by atoms with E-state index in [9.17, 15) is 8.78 Å². The Morgan fingerprint density at radius 3 is 2.50 bits per heavy atom. The van der Waals surface area contributed by atoms with E-state index in [0.29, 0.717) is 10.4 Å². The van der Waals surface area contributed by atoms with E-state index in [-0.39, 0.29) is 11.6 Å². The van der Waals surface area contributed by atoms with Crippen molar-refractivity contribution in [2.24, 2.45) is 0 Å². The SMILES string of the molecule is CNc1ncc(Br)c(Oc2cc(F)cc(F)c2)n1. The number of hydrogen-bond acceptors (Lipinski definition) is 4. The van der Waals surface area contributed by atoms with E-state index in [0.717, 1.165) is 18.2 Å². The largest absolute Gasteiger partial charge is 0.437 e.